The molecule has 4 rings (SSSR count). The van der Waals surface area contributed by atoms with E-state index in [4.69, 9.17) is 37.4 Å². The molecule has 0 aliphatic carbocycles. The number of hydrogen-bond donors (Lipinski definition) is 1. The summed E-state index contributed by atoms with van der Waals surface area (Å²) in [6.45, 7) is -0.241. The SMILES string of the molecule is O=C(OC[C@H]1O[C@H](n2ccc(=O)[nH]c2=O)C[C@@H]1OC(=O)c1ccc(Cl)cc1)c1ccc(Cl)cc1. The summed E-state index contributed by atoms with van der Waals surface area (Å²) in [4.78, 5) is 50.8. The Bertz CT molecular complexity index is 1300. The van der Waals surface area contributed by atoms with E-state index >= 15 is 0 Å². The number of aromatic nitrogens is 2. The molecule has 0 saturated carbocycles. The number of nitrogens with one attached hydrogen (secondary N) is 1. The van der Waals surface area contributed by atoms with E-state index in [0.29, 0.717) is 10.0 Å². The molecule has 2 heterocycles. The second kappa shape index (κ2) is 10.3. The van der Waals surface area contributed by atoms with Gasteiger partial charge < -0.3 is 14.2 Å². The van der Waals surface area contributed by atoms with Crippen molar-refractivity contribution in [1.82, 2.24) is 9.55 Å². The highest BCUT2D eigenvalue weighted by atomic mass is 35.5. The number of nitrogens with zero attached hydrogens (tertiary/aromatic N) is 1. The third-order valence-electron chi connectivity index (χ3n) is 5.14. The molecular weight excluding hydrogens is 487 g/mol. The number of carbonyl (C=O) groups excluding carboxylic acids is 2. The predicted molar refractivity (Wildman–Crippen MR) is 122 cm³/mol. The molecule has 2 aromatic carbocycles. The van der Waals surface area contributed by atoms with E-state index in [9.17, 15) is 19.2 Å². The Kier molecular flexibility index (Phi) is 7.16. The van der Waals surface area contributed by atoms with Crippen LogP contribution in [0, 0.1) is 0 Å². The van der Waals surface area contributed by atoms with Crippen molar-refractivity contribution in [2.45, 2.75) is 24.9 Å². The van der Waals surface area contributed by atoms with Gasteiger partial charge in [-0.05, 0) is 48.5 Å². The van der Waals surface area contributed by atoms with Crippen LogP contribution in [0.25, 0.3) is 0 Å². The van der Waals surface area contributed by atoms with Crippen LogP contribution in [0.3, 0.4) is 0 Å². The van der Waals surface area contributed by atoms with Crippen LogP contribution in [0.2, 0.25) is 10.0 Å². The van der Waals surface area contributed by atoms with E-state index in [1.165, 1.54) is 41.1 Å². The Labute approximate surface area is 202 Å². The molecule has 1 aliphatic rings. The highest BCUT2D eigenvalue weighted by Crippen LogP contribution is 2.31. The minimum atomic E-state index is -0.865. The van der Waals surface area contributed by atoms with E-state index in [-0.39, 0.29) is 24.2 Å². The monoisotopic (exact) mass is 504 g/mol. The zero-order chi connectivity index (χ0) is 24.2. The van der Waals surface area contributed by atoms with Gasteiger partial charge in [0.25, 0.3) is 5.56 Å². The summed E-state index contributed by atoms with van der Waals surface area (Å²) < 4.78 is 18.0. The minimum absolute atomic E-state index is 0.0917. The molecule has 3 aromatic rings. The molecule has 176 valence electrons. The van der Waals surface area contributed by atoms with Crippen LogP contribution < -0.4 is 11.2 Å². The van der Waals surface area contributed by atoms with Gasteiger partial charge in [0.1, 0.15) is 25.0 Å². The van der Waals surface area contributed by atoms with Crippen LogP contribution in [-0.4, -0.2) is 40.3 Å². The molecule has 11 heteroatoms. The van der Waals surface area contributed by atoms with Gasteiger partial charge in [0.15, 0.2) is 0 Å². The lowest BCUT2D eigenvalue weighted by Gasteiger charge is -2.19. The highest BCUT2D eigenvalue weighted by molar-refractivity contribution is 6.31. The first-order chi connectivity index (χ1) is 16.3. The van der Waals surface area contributed by atoms with Crippen LogP contribution in [0.15, 0.2) is 70.4 Å². The zero-order valence-electron chi connectivity index (χ0n) is 17.5. The maximum atomic E-state index is 12.6. The predicted octanol–water partition coefficient (Wildman–Crippen LogP) is 3.21. The van der Waals surface area contributed by atoms with Crippen molar-refractivity contribution in [3.63, 3.8) is 0 Å². The largest absolute Gasteiger partial charge is 0.459 e. The summed E-state index contributed by atoms with van der Waals surface area (Å²) >= 11 is 11.7. The summed E-state index contributed by atoms with van der Waals surface area (Å²) in [5.41, 5.74) is -0.686. The van der Waals surface area contributed by atoms with Crippen LogP contribution >= 0.6 is 23.2 Å². The molecule has 0 spiro atoms. The van der Waals surface area contributed by atoms with Crippen LogP contribution in [0.5, 0.6) is 0 Å². The number of benzene rings is 2. The van der Waals surface area contributed by atoms with Gasteiger partial charge in [-0.15, -0.1) is 0 Å². The summed E-state index contributed by atoms with van der Waals surface area (Å²) in [5.74, 6) is -1.25. The molecule has 34 heavy (non-hydrogen) atoms. The van der Waals surface area contributed by atoms with Gasteiger partial charge in [0, 0.05) is 28.7 Å². The van der Waals surface area contributed by atoms with Crippen molar-refractivity contribution >= 4 is 35.1 Å². The molecule has 0 unspecified atom stereocenters. The van der Waals surface area contributed by atoms with Crippen molar-refractivity contribution in [1.29, 1.82) is 0 Å². The third kappa shape index (κ3) is 5.56. The standard InChI is InChI=1S/C23H18Cl2N2O7/c24-15-5-1-13(2-6-15)21(29)32-12-18-17(34-22(30)14-3-7-16(25)8-4-14)11-20(33-18)27-10-9-19(28)26-23(27)31/h1-10,17-18,20H,11-12H2,(H,26,28,31)/t17-,18+,20-/m0/s1. The van der Waals surface area contributed by atoms with Crippen LogP contribution in [0.1, 0.15) is 33.4 Å². The average molecular weight is 505 g/mol. The number of H-pyrrole nitrogens is 1. The molecule has 9 nitrogen and oxygen atoms in total. The summed E-state index contributed by atoms with van der Waals surface area (Å²) in [7, 11) is 0. The van der Waals surface area contributed by atoms with Crippen molar-refractivity contribution < 1.29 is 23.8 Å². The lowest BCUT2D eigenvalue weighted by atomic mass is 10.1. The Hall–Kier alpha value is -3.40. The second-order valence-electron chi connectivity index (χ2n) is 7.44. The van der Waals surface area contributed by atoms with E-state index < -0.39 is 41.6 Å². The van der Waals surface area contributed by atoms with Crippen LogP contribution in [0.4, 0.5) is 0 Å². The number of esters is 2. The van der Waals surface area contributed by atoms with Gasteiger partial charge in [-0.2, -0.15) is 0 Å². The second-order valence-corrected chi connectivity index (χ2v) is 8.31. The van der Waals surface area contributed by atoms with Crippen molar-refractivity contribution in [2.75, 3.05) is 6.61 Å². The maximum Gasteiger partial charge on any atom is 0.338 e. The van der Waals surface area contributed by atoms with Gasteiger partial charge in [0.05, 0.1) is 11.1 Å². The first kappa shape index (κ1) is 23.7. The quantitative estimate of drug-likeness (QED) is 0.512. The zero-order valence-corrected chi connectivity index (χ0v) is 19.0. The molecule has 1 N–H and O–H groups in total. The number of halogens is 2. The fourth-order valence-corrected chi connectivity index (χ4v) is 3.67. The highest BCUT2D eigenvalue weighted by Gasteiger charge is 2.40. The number of rotatable bonds is 6. The fourth-order valence-electron chi connectivity index (χ4n) is 3.42. The van der Waals surface area contributed by atoms with Gasteiger partial charge in [-0.1, -0.05) is 23.2 Å². The molecule has 0 radical (unpaired) electrons. The number of hydrogen-bond acceptors (Lipinski definition) is 7. The van der Waals surface area contributed by atoms with Gasteiger partial charge in [-0.25, -0.2) is 14.4 Å². The lowest BCUT2D eigenvalue weighted by Crippen LogP contribution is -2.32. The lowest BCUT2D eigenvalue weighted by molar-refractivity contribution is -0.0582. The van der Waals surface area contributed by atoms with Crippen molar-refractivity contribution in [3.05, 3.63) is 103 Å². The molecule has 1 saturated heterocycles. The third-order valence-corrected chi connectivity index (χ3v) is 5.64. The summed E-state index contributed by atoms with van der Waals surface area (Å²) in [5, 5.41) is 0.935. The molecule has 0 bridgehead atoms. The first-order valence-electron chi connectivity index (χ1n) is 10.2. The fraction of sp³-hybridized carbons (Fsp3) is 0.217. The molecule has 0 amide bonds. The van der Waals surface area contributed by atoms with Crippen molar-refractivity contribution in [2.24, 2.45) is 0 Å². The summed E-state index contributed by atoms with van der Waals surface area (Å²) in [6.07, 6.45) is -1.19. The van der Waals surface area contributed by atoms with Crippen molar-refractivity contribution in [3.8, 4) is 0 Å². The van der Waals surface area contributed by atoms with Gasteiger partial charge in [-0.3, -0.25) is 14.3 Å². The van der Waals surface area contributed by atoms with E-state index in [1.54, 1.807) is 24.3 Å². The van der Waals surface area contributed by atoms with Gasteiger partial charge in [0.2, 0.25) is 0 Å². The molecule has 3 atom stereocenters. The maximum absolute atomic E-state index is 12.6. The smallest absolute Gasteiger partial charge is 0.338 e. The summed E-state index contributed by atoms with van der Waals surface area (Å²) in [6, 6.07) is 13.4. The minimum Gasteiger partial charge on any atom is -0.459 e. The van der Waals surface area contributed by atoms with E-state index in [0.717, 1.165) is 0 Å². The topological polar surface area (TPSA) is 117 Å². The average Bonchev–Trinajstić information content (AvgIpc) is 3.20. The molecule has 1 aromatic heterocycles. The molecule has 1 aliphatic heterocycles. The number of aromatic amines is 1. The number of ether oxygens (including phenoxy) is 3. The van der Waals surface area contributed by atoms with E-state index in [2.05, 4.69) is 4.98 Å². The Balaban J connectivity index is 1.51. The first-order valence-corrected chi connectivity index (χ1v) is 10.9. The van der Waals surface area contributed by atoms with Gasteiger partial charge >= 0.3 is 17.6 Å². The van der Waals surface area contributed by atoms with E-state index in [1.807, 2.05) is 0 Å². The van der Waals surface area contributed by atoms with Crippen LogP contribution in [-0.2, 0) is 14.2 Å². The number of carbonyl (C=O) groups is 2. The molecular formula is C23H18Cl2N2O7. The normalized spacial score (nSPS) is 19.5. The Morgan fingerprint density at radius 2 is 1.53 bits per heavy atom. The molecule has 1 fully saturated rings. The Morgan fingerprint density at radius 1 is 0.941 bits per heavy atom. The Morgan fingerprint density at radius 3 is 2.12 bits per heavy atom.